The lowest BCUT2D eigenvalue weighted by molar-refractivity contribution is 0.324. The van der Waals surface area contributed by atoms with Gasteiger partial charge in [-0.2, -0.15) is 0 Å². The summed E-state index contributed by atoms with van der Waals surface area (Å²) in [7, 11) is 0. The standard InChI is InChI=1S/C12H19BrN2S/c1-3-15(4-2)7-8-16-12-6-5-10(14)9-11(12)13/h5-6,9H,3-4,7-8,14H2,1-2H3. The summed E-state index contributed by atoms with van der Waals surface area (Å²) in [6, 6.07) is 5.98. The fourth-order valence-electron chi connectivity index (χ4n) is 1.46. The first kappa shape index (κ1) is 13.9. The average Bonchev–Trinajstić information content (AvgIpc) is 2.27. The van der Waals surface area contributed by atoms with Gasteiger partial charge in [0.25, 0.3) is 0 Å². The molecule has 16 heavy (non-hydrogen) atoms. The minimum atomic E-state index is 0.806. The highest BCUT2D eigenvalue weighted by Gasteiger charge is 2.03. The van der Waals surface area contributed by atoms with Crippen LogP contribution in [-0.4, -0.2) is 30.3 Å². The van der Waals surface area contributed by atoms with Crippen molar-refractivity contribution in [3.8, 4) is 0 Å². The Bertz CT molecular complexity index is 327. The number of hydrogen-bond donors (Lipinski definition) is 1. The van der Waals surface area contributed by atoms with Gasteiger partial charge in [0.15, 0.2) is 0 Å². The summed E-state index contributed by atoms with van der Waals surface area (Å²) in [6.07, 6.45) is 0. The number of nitrogen functional groups attached to an aromatic ring is 1. The Balaban J connectivity index is 2.42. The molecule has 0 atom stereocenters. The van der Waals surface area contributed by atoms with Crippen molar-refractivity contribution in [2.24, 2.45) is 0 Å². The average molecular weight is 303 g/mol. The van der Waals surface area contributed by atoms with Crippen LogP contribution in [-0.2, 0) is 0 Å². The highest BCUT2D eigenvalue weighted by molar-refractivity contribution is 9.10. The van der Waals surface area contributed by atoms with E-state index in [4.69, 9.17) is 5.73 Å². The third-order valence-electron chi connectivity index (χ3n) is 2.52. The maximum atomic E-state index is 5.70. The lowest BCUT2D eigenvalue weighted by atomic mass is 10.3. The van der Waals surface area contributed by atoms with E-state index in [1.807, 2.05) is 23.9 Å². The van der Waals surface area contributed by atoms with Gasteiger partial charge in [0, 0.05) is 27.4 Å². The fourth-order valence-corrected chi connectivity index (χ4v) is 3.13. The van der Waals surface area contributed by atoms with E-state index in [9.17, 15) is 0 Å². The Morgan fingerprint density at radius 3 is 2.56 bits per heavy atom. The molecule has 0 fully saturated rings. The molecule has 0 aromatic heterocycles. The second kappa shape index (κ2) is 7.20. The molecular formula is C12H19BrN2S. The number of halogens is 1. The number of hydrogen-bond acceptors (Lipinski definition) is 3. The zero-order valence-corrected chi connectivity index (χ0v) is 12.3. The van der Waals surface area contributed by atoms with Crippen molar-refractivity contribution < 1.29 is 0 Å². The maximum Gasteiger partial charge on any atom is 0.0331 e. The van der Waals surface area contributed by atoms with Crippen LogP contribution in [0.25, 0.3) is 0 Å². The van der Waals surface area contributed by atoms with Crippen molar-refractivity contribution in [1.29, 1.82) is 0 Å². The SMILES string of the molecule is CCN(CC)CCSc1ccc(N)cc1Br. The lowest BCUT2D eigenvalue weighted by Crippen LogP contribution is -2.25. The monoisotopic (exact) mass is 302 g/mol. The zero-order valence-electron chi connectivity index (χ0n) is 9.87. The molecule has 0 spiro atoms. The van der Waals surface area contributed by atoms with Crippen molar-refractivity contribution in [3.63, 3.8) is 0 Å². The van der Waals surface area contributed by atoms with E-state index in [0.29, 0.717) is 0 Å². The summed E-state index contributed by atoms with van der Waals surface area (Å²) in [5.41, 5.74) is 6.51. The molecule has 1 rings (SSSR count). The quantitative estimate of drug-likeness (QED) is 0.644. The van der Waals surface area contributed by atoms with Gasteiger partial charge >= 0.3 is 0 Å². The van der Waals surface area contributed by atoms with Gasteiger partial charge in [-0.05, 0) is 47.2 Å². The van der Waals surface area contributed by atoms with E-state index in [2.05, 4.69) is 40.7 Å². The van der Waals surface area contributed by atoms with Crippen molar-refractivity contribution in [3.05, 3.63) is 22.7 Å². The number of thioether (sulfide) groups is 1. The van der Waals surface area contributed by atoms with Crippen LogP contribution in [0.2, 0.25) is 0 Å². The van der Waals surface area contributed by atoms with Gasteiger partial charge in [-0.1, -0.05) is 13.8 Å². The van der Waals surface area contributed by atoms with Crippen LogP contribution in [0, 0.1) is 0 Å². The minimum Gasteiger partial charge on any atom is -0.399 e. The molecule has 0 aliphatic carbocycles. The predicted molar refractivity (Wildman–Crippen MR) is 77.1 cm³/mol. The number of nitrogens with two attached hydrogens (primary N) is 1. The summed E-state index contributed by atoms with van der Waals surface area (Å²) >= 11 is 5.40. The molecule has 0 heterocycles. The van der Waals surface area contributed by atoms with Crippen molar-refractivity contribution in [2.75, 3.05) is 31.1 Å². The van der Waals surface area contributed by atoms with E-state index in [1.54, 1.807) is 0 Å². The first-order valence-corrected chi connectivity index (χ1v) is 7.35. The van der Waals surface area contributed by atoms with E-state index in [0.717, 1.165) is 35.5 Å². The van der Waals surface area contributed by atoms with Gasteiger partial charge in [0.1, 0.15) is 0 Å². The summed E-state index contributed by atoms with van der Waals surface area (Å²) < 4.78 is 1.09. The fraction of sp³-hybridized carbons (Fsp3) is 0.500. The highest BCUT2D eigenvalue weighted by Crippen LogP contribution is 2.29. The van der Waals surface area contributed by atoms with Crippen LogP contribution in [0.1, 0.15) is 13.8 Å². The Labute approximate surface area is 111 Å². The molecule has 0 saturated carbocycles. The minimum absolute atomic E-state index is 0.806. The normalized spacial score (nSPS) is 11.0. The summed E-state index contributed by atoms with van der Waals surface area (Å²) in [4.78, 5) is 3.69. The Morgan fingerprint density at radius 2 is 2.00 bits per heavy atom. The van der Waals surface area contributed by atoms with Gasteiger partial charge in [0.2, 0.25) is 0 Å². The van der Waals surface area contributed by atoms with Crippen LogP contribution < -0.4 is 5.73 Å². The molecule has 0 bridgehead atoms. The van der Waals surface area contributed by atoms with E-state index >= 15 is 0 Å². The number of benzene rings is 1. The topological polar surface area (TPSA) is 29.3 Å². The van der Waals surface area contributed by atoms with Crippen molar-refractivity contribution in [2.45, 2.75) is 18.7 Å². The zero-order chi connectivity index (χ0) is 12.0. The molecule has 0 amide bonds. The molecule has 0 aliphatic heterocycles. The second-order valence-corrected chi connectivity index (χ2v) is 5.56. The number of rotatable bonds is 6. The van der Waals surface area contributed by atoms with Crippen LogP contribution in [0.15, 0.2) is 27.6 Å². The van der Waals surface area contributed by atoms with E-state index in [1.165, 1.54) is 4.90 Å². The molecule has 0 saturated heterocycles. The molecule has 2 nitrogen and oxygen atoms in total. The van der Waals surface area contributed by atoms with Gasteiger partial charge in [-0.15, -0.1) is 11.8 Å². The predicted octanol–water partition coefficient (Wildman–Crippen LogP) is 3.47. The van der Waals surface area contributed by atoms with Gasteiger partial charge < -0.3 is 10.6 Å². The number of anilines is 1. The second-order valence-electron chi connectivity index (χ2n) is 3.57. The summed E-state index contributed by atoms with van der Waals surface area (Å²) in [6.45, 7) is 7.79. The molecule has 1 aromatic carbocycles. The molecule has 2 N–H and O–H groups in total. The summed E-state index contributed by atoms with van der Waals surface area (Å²) in [5, 5.41) is 0. The Hall–Kier alpha value is -0.190. The highest BCUT2D eigenvalue weighted by atomic mass is 79.9. The summed E-state index contributed by atoms with van der Waals surface area (Å²) in [5.74, 6) is 1.12. The van der Waals surface area contributed by atoms with Crippen LogP contribution in [0.5, 0.6) is 0 Å². The first-order chi connectivity index (χ1) is 7.67. The van der Waals surface area contributed by atoms with Crippen molar-refractivity contribution >= 4 is 33.4 Å². The van der Waals surface area contributed by atoms with Crippen LogP contribution in [0.3, 0.4) is 0 Å². The molecule has 0 aliphatic rings. The van der Waals surface area contributed by atoms with Gasteiger partial charge in [0.05, 0.1) is 0 Å². The van der Waals surface area contributed by atoms with Crippen LogP contribution in [0.4, 0.5) is 5.69 Å². The third kappa shape index (κ3) is 4.36. The molecule has 0 unspecified atom stereocenters. The van der Waals surface area contributed by atoms with Crippen LogP contribution >= 0.6 is 27.7 Å². The smallest absolute Gasteiger partial charge is 0.0331 e. The molecule has 90 valence electrons. The van der Waals surface area contributed by atoms with E-state index < -0.39 is 0 Å². The van der Waals surface area contributed by atoms with Gasteiger partial charge in [-0.25, -0.2) is 0 Å². The molecule has 0 radical (unpaired) electrons. The Kier molecular flexibility index (Phi) is 6.24. The molecule has 1 aromatic rings. The molecule has 4 heteroatoms. The lowest BCUT2D eigenvalue weighted by Gasteiger charge is -2.17. The third-order valence-corrected chi connectivity index (χ3v) is 4.49. The largest absolute Gasteiger partial charge is 0.399 e. The Morgan fingerprint density at radius 1 is 1.31 bits per heavy atom. The van der Waals surface area contributed by atoms with Gasteiger partial charge in [-0.3, -0.25) is 0 Å². The molecular weight excluding hydrogens is 284 g/mol. The van der Waals surface area contributed by atoms with Crippen molar-refractivity contribution in [1.82, 2.24) is 4.90 Å². The maximum absolute atomic E-state index is 5.70. The first-order valence-electron chi connectivity index (χ1n) is 5.57. The van der Waals surface area contributed by atoms with E-state index in [-0.39, 0.29) is 0 Å². The number of nitrogens with zero attached hydrogens (tertiary/aromatic N) is 1.